The van der Waals surface area contributed by atoms with Gasteiger partial charge in [-0.05, 0) is 50.1 Å². The highest BCUT2D eigenvalue weighted by atomic mass is 35.5. The molecule has 1 atom stereocenters. The van der Waals surface area contributed by atoms with Gasteiger partial charge in [0.15, 0.2) is 0 Å². The lowest BCUT2D eigenvalue weighted by Crippen LogP contribution is -2.45. The molecule has 2 aliphatic rings. The Morgan fingerprint density at radius 2 is 2.00 bits per heavy atom. The molecule has 6 heteroatoms. The normalized spacial score (nSPS) is 21.4. The number of anilines is 1. The maximum Gasteiger partial charge on any atom is 0.251 e. The molecule has 0 saturated carbocycles. The molecule has 5 nitrogen and oxygen atoms in total. The quantitative estimate of drug-likeness (QED) is 0.890. The number of amides is 2. The fourth-order valence-electron chi connectivity index (χ4n) is 2.96. The van der Waals surface area contributed by atoms with E-state index in [4.69, 9.17) is 0 Å². The van der Waals surface area contributed by atoms with Crippen molar-refractivity contribution in [1.29, 1.82) is 0 Å². The minimum atomic E-state index is -0.0389. The van der Waals surface area contributed by atoms with Crippen molar-refractivity contribution >= 4 is 29.9 Å². The number of carbonyl (C=O) groups excluding carboxylic acids is 2. The molecule has 2 heterocycles. The molecule has 0 bridgehead atoms. The molecule has 120 valence electrons. The third kappa shape index (κ3) is 3.78. The Labute approximate surface area is 136 Å². The molecular formula is C16H22ClN3O2. The first kappa shape index (κ1) is 16.8. The van der Waals surface area contributed by atoms with Crippen LogP contribution in [-0.4, -0.2) is 37.5 Å². The van der Waals surface area contributed by atoms with Crippen LogP contribution in [-0.2, 0) is 4.79 Å². The van der Waals surface area contributed by atoms with Crippen molar-refractivity contribution in [3.63, 3.8) is 0 Å². The molecule has 0 aliphatic carbocycles. The van der Waals surface area contributed by atoms with Crippen LogP contribution >= 0.6 is 12.4 Å². The van der Waals surface area contributed by atoms with E-state index in [0.29, 0.717) is 12.0 Å². The van der Waals surface area contributed by atoms with Crippen LogP contribution in [0.4, 0.5) is 5.69 Å². The van der Waals surface area contributed by atoms with Crippen molar-refractivity contribution in [2.24, 2.45) is 0 Å². The second-order valence-corrected chi connectivity index (χ2v) is 5.71. The van der Waals surface area contributed by atoms with Crippen molar-refractivity contribution in [2.75, 3.05) is 24.5 Å². The molecule has 1 aromatic rings. The van der Waals surface area contributed by atoms with Crippen molar-refractivity contribution in [3.05, 3.63) is 29.8 Å². The van der Waals surface area contributed by atoms with E-state index in [-0.39, 0.29) is 30.3 Å². The Kier molecular flexibility index (Phi) is 5.80. The number of piperidine rings is 1. The lowest BCUT2D eigenvalue weighted by Gasteiger charge is -2.24. The molecule has 3 rings (SSSR count). The van der Waals surface area contributed by atoms with Gasteiger partial charge in [-0.3, -0.25) is 9.59 Å². The second kappa shape index (κ2) is 7.61. The van der Waals surface area contributed by atoms with Gasteiger partial charge in [0.25, 0.3) is 5.91 Å². The Hall–Kier alpha value is -1.59. The van der Waals surface area contributed by atoms with Crippen molar-refractivity contribution in [1.82, 2.24) is 10.6 Å². The van der Waals surface area contributed by atoms with Gasteiger partial charge >= 0.3 is 0 Å². The van der Waals surface area contributed by atoms with E-state index in [0.717, 1.165) is 44.6 Å². The molecule has 1 aromatic carbocycles. The SMILES string of the molecule is Cl.O=C(NC1CCCNC1)c1ccc(N2CCCC2=O)cc1. The van der Waals surface area contributed by atoms with Gasteiger partial charge in [0.2, 0.25) is 5.91 Å². The predicted octanol–water partition coefficient (Wildman–Crippen LogP) is 1.72. The van der Waals surface area contributed by atoms with Crippen LogP contribution in [0.25, 0.3) is 0 Å². The molecule has 2 saturated heterocycles. The Morgan fingerprint density at radius 1 is 1.23 bits per heavy atom. The molecule has 0 spiro atoms. The van der Waals surface area contributed by atoms with Gasteiger partial charge in [-0.15, -0.1) is 12.4 Å². The maximum atomic E-state index is 12.2. The molecular weight excluding hydrogens is 302 g/mol. The minimum Gasteiger partial charge on any atom is -0.348 e. The smallest absolute Gasteiger partial charge is 0.251 e. The first-order valence-electron chi connectivity index (χ1n) is 7.66. The first-order valence-corrected chi connectivity index (χ1v) is 7.66. The maximum absolute atomic E-state index is 12.2. The highest BCUT2D eigenvalue weighted by molar-refractivity contribution is 5.97. The molecule has 22 heavy (non-hydrogen) atoms. The fourth-order valence-corrected chi connectivity index (χ4v) is 2.96. The van der Waals surface area contributed by atoms with Crippen molar-refractivity contribution < 1.29 is 9.59 Å². The number of rotatable bonds is 3. The number of hydrogen-bond donors (Lipinski definition) is 2. The largest absolute Gasteiger partial charge is 0.348 e. The zero-order valence-corrected chi connectivity index (χ0v) is 13.3. The van der Waals surface area contributed by atoms with Crippen molar-refractivity contribution in [3.8, 4) is 0 Å². The number of hydrogen-bond acceptors (Lipinski definition) is 3. The van der Waals surface area contributed by atoms with E-state index in [1.165, 1.54) is 0 Å². The molecule has 2 aliphatic heterocycles. The zero-order valence-electron chi connectivity index (χ0n) is 12.5. The third-order valence-corrected chi connectivity index (χ3v) is 4.15. The average Bonchev–Trinajstić information content (AvgIpc) is 2.94. The number of carbonyl (C=O) groups is 2. The molecule has 2 amide bonds. The van der Waals surface area contributed by atoms with Gasteiger partial charge in [-0.2, -0.15) is 0 Å². The topological polar surface area (TPSA) is 61.4 Å². The molecule has 2 N–H and O–H groups in total. The summed E-state index contributed by atoms with van der Waals surface area (Å²) in [6.45, 7) is 2.65. The second-order valence-electron chi connectivity index (χ2n) is 5.71. The Balaban J connectivity index is 0.00000176. The van der Waals surface area contributed by atoms with Gasteiger partial charge in [-0.1, -0.05) is 0 Å². The Morgan fingerprint density at radius 3 is 2.59 bits per heavy atom. The molecule has 1 unspecified atom stereocenters. The third-order valence-electron chi connectivity index (χ3n) is 4.15. The van der Waals surface area contributed by atoms with E-state index in [9.17, 15) is 9.59 Å². The summed E-state index contributed by atoms with van der Waals surface area (Å²) in [5.41, 5.74) is 1.53. The van der Waals surface area contributed by atoms with Gasteiger partial charge < -0.3 is 15.5 Å². The van der Waals surface area contributed by atoms with Gasteiger partial charge in [0.1, 0.15) is 0 Å². The van der Waals surface area contributed by atoms with Crippen LogP contribution in [0.2, 0.25) is 0 Å². The highest BCUT2D eigenvalue weighted by Gasteiger charge is 2.22. The zero-order chi connectivity index (χ0) is 14.7. The Bertz CT molecular complexity index is 527. The summed E-state index contributed by atoms with van der Waals surface area (Å²) in [4.78, 5) is 25.7. The summed E-state index contributed by atoms with van der Waals surface area (Å²) in [5, 5.41) is 6.33. The number of nitrogens with one attached hydrogen (secondary N) is 2. The average molecular weight is 324 g/mol. The van der Waals surface area contributed by atoms with Crippen LogP contribution < -0.4 is 15.5 Å². The summed E-state index contributed by atoms with van der Waals surface area (Å²) in [6.07, 6.45) is 3.66. The van der Waals surface area contributed by atoms with E-state index in [2.05, 4.69) is 10.6 Å². The lowest BCUT2D eigenvalue weighted by molar-refractivity contribution is -0.117. The number of halogens is 1. The number of benzene rings is 1. The minimum absolute atomic E-state index is 0. The molecule has 0 radical (unpaired) electrons. The van der Waals surface area contributed by atoms with Gasteiger partial charge in [0, 0.05) is 36.8 Å². The van der Waals surface area contributed by atoms with E-state index >= 15 is 0 Å². The predicted molar refractivity (Wildman–Crippen MR) is 88.6 cm³/mol. The summed E-state index contributed by atoms with van der Waals surface area (Å²) in [7, 11) is 0. The summed E-state index contributed by atoms with van der Waals surface area (Å²) >= 11 is 0. The number of nitrogens with zero attached hydrogens (tertiary/aromatic N) is 1. The van der Waals surface area contributed by atoms with Crippen LogP contribution in [0.1, 0.15) is 36.0 Å². The lowest BCUT2D eigenvalue weighted by atomic mass is 10.1. The summed E-state index contributed by atoms with van der Waals surface area (Å²) in [5.74, 6) is 0.128. The van der Waals surface area contributed by atoms with Crippen LogP contribution in [0.3, 0.4) is 0 Å². The fraction of sp³-hybridized carbons (Fsp3) is 0.500. The summed E-state index contributed by atoms with van der Waals surface area (Å²) in [6, 6.07) is 7.53. The monoisotopic (exact) mass is 323 g/mol. The van der Waals surface area contributed by atoms with Crippen LogP contribution in [0.5, 0.6) is 0 Å². The molecule has 0 aromatic heterocycles. The van der Waals surface area contributed by atoms with Crippen molar-refractivity contribution in [2.45, 2.75) is 31.7 Å². The highest BCUT2D eigenvalue weighted by Crippen LogP contribution is 2.21. The van der Waals surface area contributed by atoms with E-state index < -0.39 is 0 Å². The summed E-state index contributed by atoms with van der Waals surface area (Å²) < 4.78 is 0. The van der Waals surface area contributed by atoms with E-state index in [1.807, 2.05) is 12.1 Å². The molecule has 2 fully saturated rings. The standard InChI is InChI=1S/C16H21N3O2.ClH/c20-15-4-2-10-19(15)14-7-5-12(6-8-14)16(21)18-13-3-1-9-17-11-13;/h5-8,13,17H,1-4,9-11H2,(H,18,21);1H. The van der Waals surface area contributed by atoms with Gasteiger partial charge in [0.05, 0.1) is 0 Å². The van der Waals surface area contributed by atoms with Crippen LogP contribution in [0, 0.1) is 0 Å². The first-order chi connectivity index (χ1) is 10.2. The van der Waals surface area contributed by atoms with E-state index in [1.54, 1.807) is 17.0 Å². The van der Waals surface area contributed by atoms with Crippen LogP contribution in [0.15, 0.2) is 24.3 Å². The van der Waals surface area contributed by atoms with Gasteiger partial charge in [-0.25, -0.2) is 0 Å².